The van der Waals surface area contributed by atoms with Gasteiger partial charge in [-0.15, -0.1) is 0 Å². The number of benzene rings is 1. The Kier molecular flexibility index (Phi) is 3.96. The number of hydrogen-bond donors (Lipinski definition) is 1. The first kappa shape index (κ1) is 13.3. The molecule has 7 nitrogen and oxygen atoms in total. The quantitative estimate of drug-likeness (QED) is 0.661. The van der Waals surface area contributed by atoms with E-state index in [4.69, 9.17) is 9.47 Å². The highest BCUT2D eigenvalue weighted by atomic mass is 16.6. The van der Waals surface area contributed by atoms with E-state index < -0.39 is 11.0 Å². The number of carbonyl (C=O) groups excluding carboxylic acids is 1. The van der Waals surface area contributed by atoms with Crippen molar-refractivity contribution in [2.45, 2.75) is 18.9 Å². The molecule has 1 aromatic carbocycles. The van der Waals surface area contributed by atoms with Crippen LogP contribution in [-0.2, 0) is 9.53 Å². The van der Waals surface area contributed by atoms with Crippen molar-refractivity contribution < 1.29 is 19.2 Å². The third-order valence-corrected chi connectivity index (χ3v) is 2.88. The number of hydrogen-bond acceptors (Lipinski definition) is 5. The Morgan fingerprint density at radius 3 is 2.95 bits per heavy atom. The van der Waals surface area contributed by atoms with Crippen LogP contribution in [0.2, 0.25) is 0 Å². The lowest BCUT2D eigenvalue weighted by atomic mass is 10.2. The van der Waals surface area contributed by atoms with E-state index in [0.717, 1.165) is 6.42 Å². The summed E-state index contributed by atoms with van der Waals surface area (Å²) in [7, 11) is 1.42. The second-order valence-electron chi connectivity index (χ2n) is 4.13. The largest absolute Gasteiger partial charge is 0.496 e. The smallest absolute Gasteiger partial charge is 0.296 e. The molecule has 1 heterocycles. The second-order valence-corrected chi connectivity index (χ2v) is 4.13. The van der Waals surface area contributed by atoms with Crippen molar-refractivity contribution in [2.24, 2.45) is 0 Å². The van der Waals surface area contributed by atoms with Crippen molar-refractivity contribution in [1.29, 1.82) is 0 Å². The molecule has 0 aliphatic carbocycles. The van der Waals surface area contributed by atoms with Crippen LogP contribution in [0.1, 0.15) is 12.8 Å². The van der Waals surface area contributed by atoms with E-state index in [0.29, 0.717) is 18.8 Å². The molecular weight excluding hydrogens is 252 g/mol. The number of rotatable bonds is 4. The third-order valence-electron chi connectivity index (χ3n) is 2.88. The summed E-state index contributed by atoms with van der Waals surface area (Å²) in [6.07, 6.45) is 0.931. The number of nitrogens with one attached hydrogen (secondary N) is 1. The summed E-state index contributed by atoms with van der Waals surface area (Å²) in [5.41, 5.74) is -0.0583. The van der Waals surface area contributed by atoms with Crippen molar-refractivity contribution >= 4 is 17.3 Å². The van der Waals surface area contributed by atoms with Crippen LogP contribution in [0.3, 0.4) is 0 Å². The van der Waals surface area contributed by atoms with E-state index >= 15 is 0 Å². The van der Waals surface area contributed by atoms with Crippen LogP contribution in [0.15, 0.2) is 18.2 Å². The molecular formula is C12H14N2O5. The van der Waals surface area contributed by atoms with E-state index in [-0.39, 0.29) is 17.3 Å². The summed E-state index contributed by atoms with van der Waals surface area (Å²) in [6, 6.07) is 4.27. The number of anilines is 1. The maximum Gasteiger partial charge on any atom is 0.296 e. The van der Waals surface area contributed by atoms with E-state index in [1.54, 1.807) is 6.07 Å². The Balaban J connectivity index is 2.19. The van der Waals surface area contributed by atoms with Crippen molar-refractivity contribution in [3.05, 3.63) is 28.3 Å². The fraction of sp³-hybridized carbons (Fsp3) is 0.417. The molecule has 102 valence electrons. The van der Waals surface area contributed by atoms with Gasteiger partial charge >= 0.3 is 0 Å². The lowest BCUT2D eigenvalue weighted by molar-refractivity contribution is -0.384. The monoisotopic (exact) mass is 266 g/mol. The van der Waals surface area contributed by atoms with E-state index in [9.17, 15) is 14.9 Å². The van der Waals surface area contributed by atoms with Crippen LogP contribution < -0.4 is 10.1 Å². The highest BCUT2D eigenvalue weighted by Gasteiger charge is 2.26. The molecule has 1 aliphatic rings. The molecule has 0 bridgehead atoms. The molecule has 1 amide bonds. The zero-order valence-corrected chi connectivity index (χ0v) is 10.4. The molecule has 1 fully saturated rings. The van der Waals surface area contributed by atoms with Crippen LogP contribution in [-0.4, -0.2) is 30.7 Å². The maximum atomic E-state index is 11.9. The first-order valence-corrected chi connectivity index (χ1v) is 5.86. The van der Waals surface area contributed by atoms with Crippen LogP contribution in [0.25, 0.3) is 0 Å². The first-order valence-electron chi connectivity index (χ1n) is 5.86. The fourth-order valence-corrected chi connectivity index (χ4v) is 1.89. The zero-order chi connectivity index (χ0) is 13.8. The van der Waals surface area contributed by atoms with Gasteiger partial charge in [0.15, 0.2) is 0 Å². The molecule has 1 unspecified atom stereocenters. The second kappa shape index (κ2) is 5.66. The predicted octanol–water partition coefficient (Wildman–Crippen LogP) is 1.72. The number of nitro benzene ring substituents is 1. The van der Waals surface area contributed by atoms with Gasteiger partial charge in [0.2, 0.25) is 0 Å². The maximum absolute atomic E-state index is 11.9. The van der Waals surface area contributed by atoms with Gasteiger partial charge in [-0.2, -0.15) is 0 Å². The lowest BCUT2D eigenvalue weighted by Gasteiger charge is -2.11. The molecule has 1 N–H and O–H groups in total. The first-order chi connectivity index (χ1) is 9.11. The van der Waals surface area contributed by atoms with Gasteiger partial charge in [-0.3, -0.25) is 14.9 Å². The summed E-state index contributed by atoms with van der Waals surface area (Å²) >= 11 is 0. The molecule has 0 spiro atoms. The van der Waals surface area contributed by atoms with Crippen molar-refractivity contribution in [1.82, 2.24) is 0 Å². The Morgan fingerprint density at radius 1 is 1.58 bits per heavy atom. The van der Waals surface area contributed by atoms with Gasteiger partial charge < -0.3 is 14.8 Å². The molecule has 1 aromatic rings. The van der Waals surface area contributed by atoms with E-state index in [1.165, 1.54) is 19.2 Å². The molecule has 19 heavy (non-hydrogen) atoms. The number of nitrogens with zero attached hydrogens (tertiary/aromatic N) is 1. The van der Waals surface area contributed by atoms with Gasteiger partial charge in [-0.05, 0) is 25.0 Å². The van der Waals surface area contributed by atoms with Crippen LogP contribution in [0.5, 0.6) is 5.75 Å². The number of amides is 1. The number of ether oxygens (including phenoxy) is 2. The SMILES string of the molecule is COc1ccc(NC(=O)C2CCCO2)c([N+](=O)[O-])c1. The summed E-state index contributed by atoms with van der Waals surface area (Å²) in [4.78, 5) is 22.3. The zero-order valence-electron chi connectivity index (χ0n) is 10.4. The highest BCUT2D eigenvalue weighted by Crippen LogP contribution is 2.29. The highest BCUT2D eigenvalue weighted by molar-refractivity contribution is 5.96. The van der Waals surface area contributed by atoms with Gasteiger partial charge in [-0.25, -0.2) is 0 Å². The van der Waals surface area contributed by atoms with E-state index in [1.807, 2.05) is 0 Å². The molecule has 1 aliphatic heterocycles. The minimum Gasteiger partial charge on any atom is -0.496 e. The van der Waals surface area contributed by atoms with Crippen molar-refractivity contribution in [3.8, 4) is 5.75 Å². The molecule has 0 aromatic heterocycles. The van der Waals surface area contributed by atoms with Gasteiger partial charge in [0.1, 0.15) is 17.5 Å². The Bertz CT molecular complexity index is 497. The van der Waals surface area contributed by atoms with Crippen LogP contribution in [0.4, 0.5) is 11.4 Å². The average Bonchev–Trinajstić information content (AvgIpc) is 2.92. The Hall–Kier alpha value is -2.15. The molecule has 0 radical (unpaired) electrons. The lowest BCUT2D eigenvalue weighted by Crippen LogP contribution is -2.27. The summed E-state index contributed by atoms with van der Waals surface area (Å²) in [5.74, 6) is 0.00702. The fourth-order valence-electron chi connectivity index (χ4n) is 1.89. The van der Waals surface area contributed by atoms with Gasteiger partial charge in [0, 0.05) is 6.61 Å². The van der Waals surface area contributed by atoms with Crippen LogP contribution >= 0.6 is 0 Å². The standard InChI is InChI=1S/C12H14N2O5/c1-18-8-4-5-9(10(7-8)14(16)17)13-12(15)11-3-2-6-19-11/h4-5,7,11H,2-3,6H2,1H3,(H,13,15). The van der Waals surface area contributed by atoms with Gasteiger partial charge in [-0.1, -0.05) is 0 Å². The minimum atomic E-state index is -0.562. The van der Waals surface area contributed by atoms with E-state index in [2.05, 4.69) is 5.32 Å². The summed E-state index contributed by atoms with van der Waals surface area (Å²) in [5, 5.41) is 13.5. The molecule has 1 atom stereocenters. The predicted molar refractivity (Wildman–Crippen MR) is 67.3 cm³/mol. The van der Waals surface area contributed by atoms with Crippen molar-refractivity contribution in [2.75, 3.05) is 19.0 Å². The summed E-state index contributed by atoms with van der Waals surface area (Å²) < 4.78 is 10.1. The van der Waals surface area contributed by atoms with Crippen molar-refractivity contribution in [3.63, 3.8) is 0 Å². The summed E-state index contributed by atoms with van der Waals surface area (Å²) in [6.45, 7) is 0.544. The normalized spacial score (nSPS) is 18.1. The van der Waals surface area contributed by atoms with Gasteiger partial charge in [0.25, 0.3) is 11.6 Å². The number of carbonyl (C=O) groups is 1. The molecule has 0 saturated carbocycles. The topological polar surface area (TPSA) is 90.7 Å². The van der Waals surface area contributed by atoms with Crippen LogP contribution in [0, 0.1) is 10.1 Å². The average molecular weight is 266 g/mol. The minimum absolute atomic E-state index is 0.145. The third kappa shape index (κ3) is 3.00. The Labute approximate surface area is 109 Å². The Morgan fingerprint density at radius 2 is 2.37 bits per heavy atom. The number of nitro groups is 1. The number of methoxy groups -OCH3 is 1. The molecule has 2 rings (SSSR count). The van der Waals surface area contributed by atoms with Gasteiger partial charge in [0.05, 0.1) is 18.1 Å². The molecule has 1 saturated heterocycles. The molecule has 7 heteroatoms.